The summed E-state index contributed by atoms with van der Waals surface area (Å²) >= 11 is 6.41. The van der Waals surface area contributed by atoms with Gasteiger partial charge in [-0.3, -0.25) is 14.1 Å². The SMILES string of the molecule is CCCCc1c(Cl)n(C)c(=O)n1Cc1ccc(-c2ncccc2-c2nnn[nH]2)cc1. The van der Waals surface area contributed by atoms with E-state index in [-0.39, 0.29) is 5.69 Å². The minimum Gasteiger partial charge on any atom is -0.290 e. The zero-order valence-corrected chi connectivity index (χ0v) is 17.6. The second-order valence-corrected chi connectivity index (χ2v) is 7.47. The third-order valence-corrected chi connectivity index (χ3v) is 5.59. The Balaban J connectivity index is 1.64. The van der Waals surface area contributed by atoms with Gasteiger partial charge < -0.3 is 0 Å². The van der Waals surface area contributed by atoms with Crippen LogP contribution >= 0.6 is 11.6 Å². The van der Waals surface area contributed by atoms with E-state index in [9.17, 15) is 4.79 Å². The largest absolute Gasteiger partial charge is 0.329 e. The van der Waals surface area contributed by atoms with Crippen LogP contribution in [0.1, 0.15) is 31.0 Å². The van der Waals surface area contributed by atoms with Gasteiger partial charge in [0.1, 0.15) is 5.15 Å². The lowest BCUT2D eigenvalue weighted by Gasteiger charge is -2.10. The van der Waals surface area contributed by atoms with Gasteiger partial charge >= 0.3 is 5.69 Å². The van der Waals surface area contributed by atoms with Crippen molar-refractivity contribution in [2.45, 2.75) is 32.7 Å². The molecule has 0 aliphatic rings. The average molecular weight is 424 g/mol. The van der Waals surface area contributed by atoms with Crippen molar-refractivity contribution in [2.24, 2.45) is 7.05 Å². The Morgan fingerprint density at radius 3 is 2.67 bits per heavy atom. The quantitative estimate of drug-likeness (QED) is 0.491. The number of hydrogen-bond donors (Lipinski definition) is 1. The predicted octanol–water partition coefficient (Wildman–Crippen LogP) is 3.47. The Morgan fingerprint density at radius 2 is 1.97 bits per heavy atom. The van der Waals surface area contributed by atoms with E-state index in [2.05, 4.69) is 32.5 Å². The molecule has 4 aromatic rings. The van der Waals surface area contributed by atoms with Crippen LogP contribution in [0.4, 0.5) is 0 Å². The maximum Gasteiger partial charge on any atom is 0.329 e. The highest BCUT2D eigenvalue weighted by molar-refractivity contribution is 6.30. The van der Waals surface area contributed by atoms with Gasteiger partial charge in [0.25, 0.3) is 0 Å². The Hall–Kier alpha value is -3.26. The summed E-state index contributed by atoms with van der Waals surface area (Å²) in [7, 11) is 1.71. The molecule has 0 unspecified atom stereocenters. The van der Waals surface area contributed by atoms with Gasteiger partial charge in [0, 0.05) is 24.4 Å². The van der Waals surface area contributed by atoms with E-state index in [1.165, 1.54) is 4.57 Å². The molecule has 1 N–H and O–H groups in total. The van der Waals surface area contributed by atoms with Crippen LogP contribution < -0.4 is 5.69 Å². The predicted molar refractivity (Wildman–Crippen MR) is 115 cm³/mol. The second-order valence-electron chi connectivity index (χ2n) is 7.12. The molecule has 0 amide bonds. The van der Waals surface area contributed by atoms with E-state index < -0.39 is 0 Å². The smallest absolute Gasteiger partial charge is 0.290 e. The number of nitrogens with zero attached hydrogens (tertiary/aromatic N) is 6. The summed E-state index contributed by atoms with van der Waals surface area (Å²) in [6, 6.07) is 11.8. The minimum atomic E-state index is -0.0972. The lowest BCUT2D eigenvalue weighted by Crippen LogP contribution is -2.24. The molecule has 0 saturated carbocycles. The summed E-state index contributed by atoms with van der Waals surface area (Å²) in [6.45, 7) is 2.60. The first-order valence-corrected chi connectivity index (χ1v) is 10.2. The molecule has 0 aliphatic carbocycles. The number of hydrogen-bond acceptors (Lipinski definition) is 5. The summed E-state index contributed by atoms with van der Waals surface area (Å²) in [5.74, 6) is 0.563. The van der Waals surface area contributed by atoms with Gasteiger partial charge in [-0.15, -0.1) is 5.10 Å². The van der Waals surface area contributed by atoms with Crippen molar-refractivity contribution in [2.75, 3.05) is 0 Å². The Bertz CT molecular complexity index is 1190. The molecule has 0 aliphatic heterocycles. The number of H-pyrrole nitrogens is 1. The van der Waals surface area contributed by atoms with Crippen molar-refractivity contribution in [1.82, 2.24) is 34.7 Å². The first-order chi connectivity index (χ1) is 14.6. The van der Waals surface area contributed by atoms with Crippen LogP contribution in [0.5, 0.6) is 0 Å². The molecule has 30 heavy (non-hydrogen) atoms. The lowest BCUT2D eigenvalue weighted by molar-refractivity contribution is 0.667. The van der Waals surface area contributed by atoms with Crippen LogP contribution in [-0.4, -0.2) is 34.7 Å². The van der Waals surface area contributed by atoms with Crippen molar-refractivity contribution in [1.29, 1.82) is 0 Å². The molecule has 1 aromatic carbocycles. The van der Waals surface area contributed by atoms with E-state index in [0.717, 1.165) is 47.3 Å². The van der Waals surface area contributed by atoms with Gasteiger partial charge in [-0.25, -0.2) is 9.89 Å². The Labute approximate surface area is 178 Å². The molecular weight excluding hydrogens is 402 g/mol. The Morgan fingerprint density at radius 1 is 1.17 bits per heavy atom. The molecule has 4 rings (SSSR count). The second kappa shape index (κ2) is 8.62. The van der Waals surface area contributed by atoms with Crippen molar-refractivity contribution >= 4 is 11.6 Å². The van der Waals surface area contributed by atoms with E-state index >= 15 is 0 Å². The number of aromatic amines is 1. The van der Waals surface area contributed by atoms with Crippen molar-refractivity contribution < 1.29 is 0 Å². The number of benzene rings is 1. The van der Waals surface area contributed by atoms with Crippen LogP contribution in [0.3, 0.4) is 0 Å². The van der Waals surface area contributed by atoms with Crippen LogP contribution in [0.25, 0.3) is 22.6 Å². The number of rotatable bonds is 7. The molecule has 0 saturated heterocycles. The highest BCUT2D eigenvalue weighted by Gasteiger charge is 2.16. The number of halogens is 1. The van der Waals surface area contributed by atoms with E-state index in [0.29, 0.717) is 17.5 Å². The van der Waals surface area contributed by atoms with E-state index in [1.807, 2.05) is 36.4 Å². The number of nitrogens with one attached hydrogen (secondary N) is 1. The molecule has 154 valence electrons. The monoisotopic (exact) mass is 423 g/mol. The van der Waals surface area contributed by atoms with Crippen molar-refractivity contribution in [3.63, 3.8) is 0 Å². The molecule has 0 atom stereocenters. The normalized spacial score (nSPS) is 11.2. The molecule has 0 fully saturated rings. The number of unbranched alkanes of at least 4 members (excludes halogenated alkanes) is 1. The number of imidazole rings is 1. The maximum atomic E-state index is 12.7. The van der Waals surface area contributed by atoms with Gasteiger partial charge in [0.05, 0.1) is 17.9 Å². The van der Waals surface area contributed by atoms with Gasteiger partial charge in [0.2, 0.25) is 0 Å². The molecule has 9 heteroatoms. The van der Waals surface area contributed by atoms with Gasteiger partial charge in [0.15, 0.2) is 5.82 Å². The third-order valence-electron chi connectivity index (χ3n) is 5.12. The molecule has 0 radical (unpaired) electrons. The van der Waals surface area contributed by atoms with Crippen molar-refractivity contribution in [3.8, 4) is 22.6 Å². The highest BCUT2D eigenvalue weighted by Crippen LogP contribution is 2.28. The number of aromatic nitrogens is 7. The van der Waals surface area contributed by atoms with Crippen LogP contribution in [0.2, 0.25) is 5.15 Å². The fraction of sp³-hybridized carbons (Fsp3) is 0.286. The summed E-state index contributed by atoms with van der Waals surface area (Å²) in [5.41, 5.74) is 4.35. The lowest BCUT2D eigenvalue weighted by atomic mass is 10.0. The van der Waals surface area contributed by atoms with Gasteiger partial charge in [-0.05, 0) is 41.0 Å². The number of tetrazole rings is 1. The fourth-order valence-electron chi connectivity index (χ4n) is 3.48. The van der Waals surface area contributed by atoms with Gasteiger partial charge in [-0.2, -0.15) is 0 Å². The zero-order chi connectivity index (χ0) is 21.1. The molecule has 0 bridgehead atoms. The summed E-state index contributed by atoms with van der Waals surface area (Å²) in [5, 5.41) is 14.6. The topological polar surface area (TPSA) is 94.3 Å². The van der Waals surface area contributed by atoms with Crippen LogP contribution in [0.15, 0.2) is 47.4 Å². The van der Waals surface area contributed by atoms with E-state index in [4.69, 9.17) is 11.6 Å². The molecule has 3 heterocycles. The number of pyridine rings is 1. The molecule has 3 aromatic heterocycles. The average Bonchev–Trinajstić information content (AvgIpc) is 3.38. The molecular formula is C21H22ClN7O. The van der Waals surface area contributed by atoms with Crippen LogP contribution in [0, 0.1) is 0 Å². The summed E-state index contributed by atoms with van der Waals surface area (Å²) in [4.78, 5) is 17.2. The zero-order valence-electron chi connectivity index (χ0n) is 16.8. The maximum absolute atomic E-state index is 12.7. The fourth-order valence-corrected chi connectivity index (χ4v) is 3.75. The molecule has 0 spiro atoms. The summed E-state index contributed by atoms with van der Waals surface area (Å²) in [6.07, 6.45) is 4.55. The first-order valence-electron chi connectivity index (χ1n) is 9.82. The highest BCUT2D eigenvalue weighted by atomic mass is 35.5. The minimum absolute atomic E-state index is 0.0972. The van der Waals surface area contributed by atoms with Gasteiger partial charge in [-0.1, -0.05) is 49.2 Å². The first kappa shape index (κ1) is 20.0. The summed E-state index contributed by atoms with van der Waals surface area (Å²) < 4.78 is 3.27. The third kappa shape index (κ3) is 3.78. The Kier molecular flexibility index (Phi) is 5.76. The van der Waals surface area contributed by atoms with Crippen LogP contribution in [-0.2, 0) is 20.0 Å². The van der Waals surface area contributed by atoms with Crippen molar-refractivity contribution in [3.05, 3.63) is 69.5 Å². The standard InChI is InChI=1S/C21H22ClN7O/c1-3-4-7-17-19(22)28(2)21(30)29(17)13-14-8-10-15(11-9-14)18-16(6-5-12-23-18)20-24-26-27-25-20/h5-6,8-12H,3-4,7,13H2,1-2H3,(H,24,25,26,27). The molecule has 8 nitrogen and oxygen atoms in total. The van der Waals surface area contributed by atoms with E-state index in [1.54, 1.807) is 17.8 Å².